The van der Waals surface area contributed by atoms with Gasteiger partial charge >= 0.3 is 5.54 Å². The Bertz CT molecular complexity index is 10.8. The van der Waals surface area contributed by atoms with Gasteiger partial charge in [0.1, 0.15) is 0 Å². The second-order valence-electron chi connectivity index (χ2n) is 0.519. The first-order valence-electron chi connectivity index (χ1n) is 1.01. The molecule has 0 saturated heterocycles. The first-order chi connectivity index (χ1) is 1.73. The van der Waals surface area contributed by atoms with Crippen LogP contribution in [0.4, 0.5) is 0 Å². The third kappa shape index (κ3) is 17.2. The highest BCUT2D eigenvalue weighted by atomic mass is 35.5. The first-order valence-corrected chi connectivity index (χ1v) is 1.89. The second kappa shape index (κ2) is 1.92. The molecule has 0 aliphatic carbocycles. The molecule has 3 heteroatoms. The van der Waals surface area contributed by atoms with E-state index in [-0.39, 0.29) is 5.54 Å². The second-order valence-corrected chi connectivity index (χ2v) is 2.05. The van der Waals surface area contributed by atoms with Gasteiger partial charge in [0.05, 0.1) is 0 Å². The summed E-state index contributed by atoms with van der Waals surface area (Å²) in [4.78, 5) is 0. The van der Waals surface area contributed by atoms with Gasteiger partial charge < -0.3 is 0 Å². The zero-order chi connectivity index (χ0) is 3.58. The monoisotopic (exact) mass is 96.0 g/mol. The van der Waals surface area contributed by atoms with Gasteiger partial charge in [-0.1, -0.05) is 6.82 Å². The van der Waals surface area contributed by atoms with Gasteiger partial charge in [-0.3, -0.25) is 0 Å². The lowest BCUT2D eigenvalue weighted by molar-refractivity contribution is 2.34. The molecule has 0 amide bonds. The summed E-state index contributed by atoms with van der Waals surface area (Å²) in [5.74, 6) is 0. The zero-order valence-corrected chi connectivity index (χ0v) is 3.85. The summed E-state index contributed by atoms with van der Waals surface area (Å²) >= 11 is 10.1. The predicted molar refractivity (Wildman–Crippen MR) is 23.3 cm³/mol. The average molecular weight is 96.8 g/mol. The normalized spacial score (nSPS) is 6.75. The molecule has 0 radical (unpaired) electrons. The van der Waals surface area contributed by atoms with E-state index in [2.05, 4.69) is 0 Å². The highest BCUT2D eigenvalue weighted by Gasteiger charge is 1.86. The molecule has 0 aliphatic rings. The Morgan fingerprint density at radius 2 is 1.50 bits per heavy atom. The average Bonchev–Trinajstić information content (AvgIpc) is 0.811. The van der Waals surface area contributed by atoms with Crippen LogP contribution in [-0.2, 0) is 0 Å². The summed E-state index contributed by atoms with van der Waals surface area (Å²) in [5, 5.41) is 0. The largest absolute Gasteiger partial charge is 0.348 e. The van der Waals surface area contributed by atoms with Crippen molar-refractivity contribution in [3.63, 3.8) is 0 Å². The molecule has 0 unspecified atom stereocenters. The van der Waals surface area contributed by atoms with Crippen LogP contribution in [0.5, 0.6) is 0 Å². The maximum absolute atomic E-state index is 5.04. The van der Waals surface area contributed by atoms with Gasteiger partial charge in [-0.15, -0.1) is 0 Å². The highest BCUT2D eigenvalue weighted by molar-refractivity contribution is 7.33. The summed E-state index contributed by atoms with van der Waals surface area (Å²) in [6.45, 7) is 1.70. The third-order valence-electron chi connectivity index (χ3n) is 0. The maximum atomic E-state index is 5.04. The molecule has 0 bridgehead atoms. The lowest BCUT2D eigenvalue weighted by Gasteiger charge is -1.64. The molecule has 0 heterocycles. The number of rotatable bonds is 0. The number of hydrogen-bond donors (Lipinski definition) is 0. The Morgan fingerprint density at radius 1 is 1.50 bits per heavy atom. The van der Waals surface area contributed by atoms with Gasteiger partial charge in [0.25, 0.3) is 0 Å². The van der Waals surface area contributed by atoms with E-state index in [1.165, 1.54) is 0 Å². The van der Waals surface area contributed by atoms with Crippen molar-refractivity contribution >= 4 is 28.5 Å². The van der Waals surface area contributed by atoms with E-state index in [4.69, 9.17) is 22.9 Å². The maximum Gasteiger partial charge on any atom is 0.348 e. The van der Waals surface area contributed by atoms with Crippen LogP contribution < -0.4 is 0 Å². The summed E-state index contributed by atoms with van der Waals surface area (Å²) in [6.07, 6.45) is 0. The molecule has 24 valence electrons. The van der Waals surface area contributed by atoms with Gasteiger partial charge in [0.15, 0.2) is 0 Å². The van der Waals surface area contributed by atoms with E-state index < -0.39 is 0 Å². The SMILES string of the molecule is CB(Cl)Cl. The fourth-order valence-electron chi connectivity index (χ4n) is 0. The number of halogens is 2. The van der Waals surface area contributed by atoms with Gasteiger partial charge in [-0.2, -0.15) is 22.9 Å². The van der Waals surface area contributed by atoms with E-state index in [1.54, 1.807) is 6.82 Å². The molecule has 0 aromatic heterocycles. The van der Waals surface area contributed by atoms with Crippen molar-refractivity contribution in [2.24, 2.45) is 0 Å². The van der Waals surface area contributed by atoms with Gasteiger partial charge in [0.2, 0.25) is 0 Å². The molecule has 0 spiro atoms. The number of hydrogen-bond acceptors (Lipinski definition) is 0. The molecule has 0 fully saturated rings. The van der Waals surface area contributed by atoms with Crippen molar-refractivity contribution < 1.29 is 0 Å². The van der Waals surface area contributed by atoms with E-state index >= 15 is 0 Å². The summed E-state index contributed by atoms with van der Waals surface area (Å²) in [7, 11) is 0. The Morgan fingerprint density at radius 3 is 1.50 bits per heavy atom. The van der Waals surface area contributed by atoms with Crippen molar-refractivity contribution in [1.29, 1.82) is 0 Å². The molecule has 4 heavy (non-hydrogen) atoms. The minimum Gasteiger partial charge on any atom is -0.172 e. The van der Waals surface area contributed by atoms with Crippen LogP contribution in [0, 0.1) is 0 Å². The Kier molecular flexibility index (Phi) is 2.23. The van der Waals surface area contributed by atoms with Crippen molar-refractivity contribution in [3.05, 3.63) is 0 Å². The molecular formula is CH3BCl2. The Labute approximate surface area is 36.0 Å². The van der Waals surface area contributed by atoms with Crippen molar-refractivity contribution in [2.45, 2.75) is 6.82 Å². The van der Waals surface area contributed by atoms with Gasteiger partial charge in [0, 0.05) is 0 Å². The Balaban J connectivity index is 2.32. The van der Waals surface area contributed by atoms with Crippen molar-refractivity contribution in [2.75, 3.05) is 0 Å². The fourth-order valence-corrected chi connectivity index (χ4v) is 0. The predicted octanol–water partition coefficient (Wildman–Crippen LogP) is 1.58. The zero-order valence-electron chi connectivity index (χ0n) is 2.33. The summed E-state index contributed by atoms with van der Waals surface area (Å²) in [6, 6.07) is 0. The standard InChI is InChI=1S/CH3BCl2/c1-2(3)4/h1H3. The molecule has 0 rings (SSSR count). The molecule has 0 aliphatic heterocycles. The molecule has 0 N–H and O–H groups in total. The van der Waals surface area contributed by atoms with Crippen LogP contribution in [0.1, 0.15) is 0 Å². The molecule has 0 aromatic carbocycles. The van der Waals surface area contributed by atoms with E-state index in [0.29, 0.717) is 0 Å². The van der Waals surface area contributed by atoms with Crippen LogP contribution in [0.25, 0.3) is 0 Å². The van der Waals surface area contributed by atoms with Crippen LogP contribution in [0.2, 0.25) is 6.82 Å². The molecule has 0 nitrogen and oxygen atoms in total. The smallest absolute Gasteiger partial charge is 0.172 e. The molecule has 0 aromatic rings. The molecule has 0 atom stereocenters. The van der Waals surface area contributed by atoms with Gasteiger partial charge in [-0.05, 0) is 0 Å². The van der Waals surface area contributed by atoms with Crippen LogP contribution in [0.3, 0.4) is 0 Å². The third-order valence-corrected chi connectivity index (χ3v) is 0. The minimum atomic E-state index is -0.222. The topological polar surface area (TPSA) is 0 Å². The van der Waals surface area contributed by atoms with Crippen LogP contribution in [-0.4, -0.2) is 5.54 Å². The lowest BCUT2D eigenvalue weighted by Crippen LogP contribution is -1.72. The van der Waals surface area contributed by atoms with E-state index in [9.17, 15) is 0 Å². The quantitative estimate of drug-likeness (QED) is 0.402. The first kappa shape index (κ1) is 4.64. The van der Waals surface area contributed by atoms with E-state index in [1.807, 2.05) is 0 Å². The van der Waals surface area contributed by atoms with Gasteiger partial charge in [-0.25, -0.2) is 0 Å². The molecular weight excluding hydrogens is 93.7 g/mol. The van der Waals surface area contributed by atoms with Crippen molar-refractivity contribution in [1.82, 2.24) is 0 Å². The van der Waals surface area contributed by atoms with Crippen molar-refractivity contribution in [3.8, 4) is 0 Å². The van der Waals surface area contributed by atoms with E-state index in [0.717, 1.165) is 0 Å². The fraction of sp³-hybridized carbons (Fsp3) is 1.00. The van der Waals surface area contributed by atoms with Crippen LogP contribution >= 0.6 is 22.9 Å². The summed E-state index contributed by atoms with van der Waals surface area (Å²) in [5.41, 5.74) is -0.222. The highest BCUT2D eigenvalue weighted by Crippen LogP contribution is 1.89. The molecule has 0 saturated carbocycles. The minimum absolute atomic E-state index is 0.222. The van der Waals surface area contributed by atoms with Crippen LogP contribution in [0.15, 0.2) is 0 Å². The lowest BCUT2D eigenvalue weighted by atomic mass is 10.2. The Hall–Kier alpha value is 0.645. The summed E-state index contributed by atoms with van der Waals surface area (Å²) < 4.78 is 0.